The van der Waals surface area contributed by atoms with Gasteiger partial charge in [-0.25, -0.2) is 4.39 Å². The first kappa shape index (κ1) is 14.3. The molecule has 1 aromatic carbocycles. The van der Waals surface area contributed by atoms with Crippen LogP contribution in [-0.4, -0.2) is 27.6 Å². The summed E-state index contributed by atoms with van der Waals surface area (Å²) in [4.78, 5) is 15.0. The zero-order valence-electron chi connectivity index (χ0n) is 12.5. The number of benzene rings is 1. The van der Waals surface area contributed by atoms with Gasteiger partial charge in [0.1, 0.15) is 11.5 Å². The van der Waals surface area contributed by atoms with Crippen molar-refractivity contribution in [2.24, 2.45) is 0 Å². The fourth-order valence-electron chi connectivity index (χ4n) is 2.73. The van der Waals surface area contributed by atoms with Crippen LogP contribution in [0.3, 0.4) is 0 Å². The number of aromatic nitrogens is 3. The molecule has 3 aromatic rings. The van der Waals surface area contributed by atoms with Crippen molar-refractivity contribution in [3.8, 4) is 0 Å². The van der Waals surface area contributed by atoms with Crippen molar-refractivity contribution in [2.75, 3.05) is 6.54 Å². The van der Waals surface area contributed by atoms with E-state index in [2.05, 4.69) is 20.5 Å². The highest BCUT2D eigenvalue weighted by atomic mass is 19.1. The molecule has 0 aliphatic heterocycles. The number of halogens is 1. The number of hydrogen-bond acceptors (Lipinski definition) is 2. The number of rotatable bonds is 4. The van der Waals surface area contributed by atoms with Crippen molar-refractivity contribution in [3.05, 3.63) is 52.7 Å². The molecule has 114 valence electrons. The second-order valence-corrected chi connectivity index (χ2v) is 5.32. The summed E-state index contributed by atoms with van der Waals surface area (Å²) >= 11 is 0. The first-order valence-corrected chi connectivity index (χ1v) is 7.11. The van der Waals surface area contributed by atoms with Gasteiger partial charge in [0.25, 0.3) is 5.91 Å². The van der Waals surface area contributed by atoms with Crippen molar-refractivity contribution in [2.45, 2.75) is 20.3 Å². The van der Waals surface area contributed by atoms with Gasteiger partial charge in [0.2, 0.25) is 0 Å². The van der Waals surface area contributed by atoms with Crippen LogP contribution in [0.5, 0.6) is 0 Å². The molecule has 0 bridgehead atoms. The Balaban J connectivity index is 1.78. The van der Waals surface area contributed by atoms with E-state index in [1.54, 1.807) is 12.1 Å². The molecule has 2 aromatic heterocycles. The zero-order valence-corrected chi connectivity index (χ0v) is 12.5. The summed E-state index contributed by atoms with van der Waals surface area (Å²) < 4.78 is 13.9. The van der Waals surface area contributed by atoms with E-state index >= 15 is 0 Å². The van der Waals surface area contributed by atoms with Gasteiger partial charge < -0.3 is 10.3 Å². The molecule has 0 aliphatic rings. The van der Waals surface area contributed by atoms with Crippen LogP contribution in [0.25, 0.3) is 10.9 Å². The fraction of sp³-hybridized carbons (Fsp3) is 0.250. The van der Waals surface area contributed by atoms with Crippen LogP contribution in [0.15, 0.2) is 24.4 Å². The Morgan fingerprint density at radius 3 is 2.86 bits per heavy atom. The maximum atomic E-state index is 13.9. The van der Waals surface area contributed by atoms with Crippen LogP contribution in [0.4, 0.5) is 4.39 Å². The predicted octanol–water partition coefficient (Wildman–Crippen LogP) is 2.62. The third-order valence-corrected chi connectivity index (χ3v) is 3.84. The van der Waals surface area contributed by atoms with Gasteiger partial charge in [-0.15, -0.1) is 0 Å². The summed E-state index contributed by atoms with van der Waals surface area (Å²) in [5.41, 5.74) is 3.96. The third-order valence-electron chi connectivity index (χ3n) is 3.84. The Morgan fingerprint density at radius 2 is 2.14 bits per heavy atom. The first-order chi connectivity index (χ1) is 10.6. The molecule has 0 atom stereocenters. The third kappa shape index (κ3) is 2.47. The summed E-state index contributed by atoms with van der Waals surface area (Å²) in [6, 6.07) is 4.86. The number of nitrogens with zero attached hydrogens (tertiary/aromatic N) is 1. The predicted molar refractivity (Wildman–Crippen MR) is 82.4 cm³/mol. The van der Waals surface area contributed by atoms with Crippen molar-refractivity contribution in [1.29, 1.82) is 0 Å². The van der Waals surface area contributed by atoms with E-state index in [0.717, 1.165) is 22.2 Å². The highest BCUT2D eigenvalue weighted by Gasteiger charge is 2.14. The lowest BCUT2D eigenvalue weighted by Crippen LogP contribution is -2.26. The van der Waals surface area contributed by atoms with Crippen LogP contribution >= 0.6 is 0 Å². The van der Waals surface area contributed by atoms with E-state index in [4.69, 9.17) is 0 Å². The molecule has 1 amide bonds. The number of carbonyl (C=O) groups excluding carboxylic acids is 1. The lowest BCUT2D eigenvalue weighted by Gasteiger charge is -2.06. The van der Waals surface area contributed by atoms with Crippen LogP contribution in [0, 0.1) is 19.7 Å². The Morgan fingerprint density at radius 1 is 1.32 bits per heavy atom. The maximum Gasteiger partial charge on any atom is 0.269 e. The molecule has 0 saturated carbocycles. The average molecular weight is 300 g/mol. The molecule has 3 rings (SSSR count). The van der Waals surface area contributed by atoms with E-state index in [1.165, 1.54) is 12.3 Å². The molecule has 0 fully saturated rings. The minimum atomic E-state index is -0.253. The van der Waals surface area contributed by atoms with Gasteiger partial charge in [-0.05, 0) is 43.5 Å². The quantitative estimate of drug-likeness (QED) is 0.693. The number of aryl methyl sites for hydroxylation is 2. The van der Waals surface area contributed by atoms with Crippen LogP contribution in [0.1, 0.15) is 27.3 Å². The maximum absolute atomic E-state index is 13.9. The minimum absolute atomic E-state index is 0.196. The largest absolute Gasteiger partial charge is 0.356 e. The normalized spacial score (nSPS) is 11.0. The molecular weight excluding hydrogens is 283 g/mol. The van der Waals surface area contributed by atoms with Gasteiger partial charge in [0.05, 0.1) is 5.52 Å². The molecule has 2 heterocycles. The fourth-order valence-corrected chi connectivity index (χ4v) is 2.73. The van der Waals surface area contributed by atoms with Crippen LogP contribution in [-0.2, 0) is 6.42 Å². The summed E-state index contributed by atoms with van der Waals surface area (Å²) in [5.74, 6) is -0.450. The number of hydrogen-bond donors (Lipinski definition) is 3. The number of fused-ring (bicyclic) bond motifs is 1. The summed E-state index contributed by atoms with van der Waals surface area (Å²) in [6.45, 7) is 4.36. The van der Waals surface area contributed by atoms with Gasteiger partial charge in [-0.3, -0.25) is 9.89 Å². The second-order valence-electron chi connectivity index (χ2n) is 5.32. The van der Waals surface area contributed by atoms with Crippen molar-refractivity contribution in [3.63, 3.8) is 0 Å². The zero-order chi connectivity index (χ0) is 15.7. The van der Waals surface area contributed by atoms with Gasteiger partial charge in [0, 0.05) is 23.8 Å². The molecule has 6 heteroatoms. The molecule has 0 saturated heterocycles. The molecule has 0 spiro atoms. The van der Waals surface area contributed by atoms with Crippen molar-refractivity contribution < 1.29 is 9.18 Å². The lowest BCUT2D eigenvalue weighted by atomic mass is 10.0. The summed E-state index contributed by atoms with van der Waals surface area (Å²) in [7, 11) is 0. The monoisotopic (exact) mass is 300 g/mol. The van der Waals surface area contributed by atoms with E-state index in [-0.39, 0.29) is 11.7 Å². The molecule has 3 N–H and O–H groups in total. The number of carbonyl (C=O) groups is 1. The Labute approximate surface area is 126 Å². The Bertz CT molecular complexity index is 820. The Hall–Kier alpha value is -2.63. The lowest BCUT2D eigenvalue weighted by molar-refractivity contribution is 0.0949. The second kappa shape index (κ2) is 5.63. The highest BCUT2D eigenvalue weighted by molar-refractivity contribution is 5.92. The SMILES string of the molecule is Cc1[nH]c2c(F)ccc(C)c2c1CCNC(=O)c1ccn[nH]1. The molecule has 0 aliphatic carbocycles. The highest BCUT2D eigenvalue weighted by Crippen LogP contribution is 2.27. The van der Waals surface area contributed by atoms with Crippen molar-refractivity contribution >= 4 is 16.8 Å². The van der Waals surface area contributed by atoms with Gasteiger partial charge in [0.15, 0.2) is 0 Å². The smallest absolute Gasteiger partial charge is 0.269 e. The van der Waals surface area contributed by atoms with E-state index in [1.807, 2.05) is 13.8 Å². The Kier molecular flexibility index (Phi) is 3.66. The number of H-pyrrole nitrogens is 2. The number of nitrogens with one attached hydrogen (secondary N) is 3. The van der Waals surface area contributed by atoms with E-state index in [9.17, 15) is 9.18 Å². The molecule has 5 nitrogen and oxygen atoms in total. The van der Waals surface area contributed by atoms with Crippen LogP contribution in [0.2, 0.25) is 0 Å². The topological polar surface area (TPSA) is 73.6 Å². The van der Waals surface area contributed by atoms with Crippen LogP contribution < -0.4 is 5.32 Å². The molecule has 22 heavy (non-hydrogen) atoms. The average Bonchev–Trinajstić information content (AvgIpc) is 3.12. The number of aromatic amines is 2. The molecular formula is C16H17FN4O. The number of amides is 1. The standard InChI is InChI=1S/C16H17FN4O/c1-9-3-4-12(17)15-14(9)11(10(2)20-15)5-7-18-16(22)13-6-8-19-21-13/h3-4,6,8,20H,5,7H2,1-2H3,(H,18,22)(H,19,21). The van der Waals surface area contributed by atoms with E-state index < -0.39 is 0 Å². The first-order valence-electron chi connectivity index (χ1n) is 7.11. The van der Waals surface area contributed by atoms with Gasteiger partial charge in [-0.2, -0.15) is 5.10 Å². The molecule has 0 unspecified atom stereocenters. The summed E-state index contributed by atoms with van der Waals surface area (Å²) in [5, 5.41) is 10.1. The van der Waals surface area contributed by atoms with Crippen molar-refractivity contribution in [1.82, 2.24) is 20.5 Å². The van der Waals surface area contributed by atoms with Gasteiger partial charge in [-0.1, -0.05) is 6.07 Å². The minimum Gasteiger partial charge on any atom is -0.356 e. The summed E-state index contributed by atoms with van der Waals surface area (Å²) in [6.07, 6.45) is 2.17. The van der Waals surface area contributed by atoms with E-state index in [0.29, 0.717) is 24.2 Å². The molecule has 0 radical (unpaired) electrons. The van der Waals surface area contributed by atoms with Gasteiger partial charge >= 0.3 is 0 Å².